The van der Waals surface area contributed by atoms with Crippen LogP contribution >= 0.6 is 0 Å². The lowest BCUT2D eigenvalue weighted by Gasteiger charge is -2.17. The highest BCUT2D eigenvalue weighted by Crippen LogP contribution is 2.18. The molecule has 0 spiro atoms. The molecule has 2 aromatic carbocycles. The molecule has 0 aromatic heterocycles. The zero-order valence-electron chi connectivity index (χ0n) is 17.1. The van der Waals surface area contributed by atoms with Gasteiger partial charge in [0.15, 0.2) is 19.0 Å². The molecule has 0 fully saturated rings. The van der Waals surface area contributed by atoms with E-state index in [1.165, 1.54) is 24.3 Å². The molecule has 2 amide bonds. The Labute approximate surface area is 174 Å². The van der Waals surface area contributed by atoms with Crippen LogP contribution in [0.5, 0.6) is 5.75 Å². The van der Waals surface area contributed by atoms with Crippen molar-refractivity contribution in [3.05, 3.63) is 59.7 Å². The van der Waals surface area contributed by atoms with Crippen LogP contribution in [0, 0.1) is 5.41 Å². The molecule has 8 heteroatoms. The van der Waals surface area contributed by atoms with Gasteiger partial charge in [-0.25, -0.2) is 4.79 Å². The summed E-state index contributed by atoms with van der Waals surface area (Å²) in [5.41, 5.74) is 5.62. The third-order valence-electron chi connectivity index (χ3n) is 3.95. The molecule has 0 aliphatic heterocycles. The Hall–Kier alpha value is -3.68. The Bertz CT molecular complexity index is 928. The lowest BCUT2D eigenvalue weighted by molar-refractivity contribution is -0.123. The van der Waals surface area contributed by atoms with Gasteiger partial charge in [-0.05, 0) is 48.5 Å². The summed E-state index contributed by atoms with van der Waals surface area (Å²) in [5, 5.41) is 2.77. The number of anilines is 1. The van der Waals surface area contributed by atoms with Gasteiger partial charge in [-0.2, -0.15) is 0 Å². The molecule has 0 atom stereocenters. The Morgan fingerprint density at radius 1 is 0.867 bits per heavy atom. The zero-order valence-corrected chi connectivity index (χ0v) is 17.1. The SMILES string of the molecule is CC(C)(C)C(=O)Nc1ccc(C(=O)COC(=O)c2ccc(OCC(N)=O)cc2)cc1. The lowest BCUT2D eigenvalue weighted by atomic mass is 9.95. The number of rotatable bonds is 8. The monoisotopic (exact) mass is 412 g/mol. The number of esters is 1. The molecule has 0 bridgehead atoms. The summed E-state index contributed by atoms with van der Waals surface area (Å²) in [6, 6.07) is 12.2. The topological polar surface area (TPSA) is 125 Å². The third kappa shape index (κ3) is 6.73. The maximum absolute atomic E-state index is 12.2. The zero-order chi connectivity index (χ0) is 22.3. The molecule has 0 saturated heterocycles. The second-order valence-corrected chi connectivity index (χ2v) is 7.56. The van der Waals surface area contributed by atoms with Gasteiger partial charge < -0.3 is 20.5 Å². The second kappa shape index (κ2) is 9.69. The van der Waals surface area contributed by atoms with Crippen molar-refractivity contribution in [2.45, 2.75) is 20.8 Å². The number of carbonyl (C=O) groups excluding carboxylic acids is 4. The molecule has 3 N–H and O–H groups in total. The summed E-state index contributed by atoms with van der Waals surface area (Å²) in [7, 11) is 0. The first-order valence-corrected chi connectivity index (χ1v) is 9.19. The summed E-state index contributed by atoms with van der Waals surface area (Å²) in [6.45, 7) is 4.71. The molecular formula is C22H24N2O6. The van der Waals surface area contributed by atoms with Crippen LogP contribution in [-0.4, -0.2) is 36.8 Å². The van der Waals surface area contributed by atoms with E-state index in [2.05, 4.69) is 5.32 Å². The van der Waals surface area contributed by atoms with E-state index in [1.807, 2.05) is 0 Å². The summed E-state index contributed by atoms with van der Waals surface area (Å²) < 4.78 is 10.2. The van der Waals surface area contributed by atoms with E-state index in [0.29, 0.717) is 17.0 Å². The maximum Gasteiger partial charge on any atom is 0.338 e. The van der Waals surface area contributed by atoms with Crippen LogP contribution in [0.1, 0.15) is 41.5 Å². The number of nitrogens with two attached hydrogens (primary N) is 1. The fraction of sp³-hybridized carbons (Fsp3) is 0.273. The number of benzene rings is 2. The van der Waals surface area contributed by atoms with Gasteiger partial charge in [0.1, 0.15) is 5.75 Å². The molecule has 0 radical (unpaired) electrons. The van der Waals surface area contributed by atoms with Crippen molar-refractivity contribution in [2.75, 3.05) is 18.5 Å². The quantitative estimate of drug-likeness (QED) is 0.507. The molecule has 0 unspecified atom stereocenters. The van der Waals surface area contributed by atoms with Crippen molar-refractivity contribution in [2.24, 2.45) is 11.1 Å². The molecule has 0 heterocycles. The number of amides is 2. The average Bonchev–Trinajstić information content (AvgIpc) is 2.70. The fourth-order valence-corrected chi connectivity index (χ4v) is 2.20. The van der Waals surface area contributed by atoms with E-state index in [1.54, 1.807) is 45.0 Å². The largest absolute Gasteiger partial charge is 0.484 e. The van der Waals surface area contributed by atoms with Crippen molar-refractivity contribution in [3.63, 3.8) is 0 Å². The second-order valence-electron chi connectivity index (χ2n) is 7.56. The van der Waals surface area contributed by atoms with Crippen LogP contribution in [0.2, 0.25) is 0 Å². The Morgan fingerprint density at radius 3 is 1.97 bits per heavy atom. The van der Waals surface area contributed by atoms with Crippen molar-refractivity contribution in [1.29, 1.82) is 0 Å². The Morgan fingerprint density at radius 2 is 1.43 bits per heavy atom. The molecule has 158 valence electrons. The van der Waals surface area contributed by atoms with Crippen LogP contribution in [0.3, 0.4) is 0 Å². The molecular weight excluding hydrogens is 388 g/mol. The highest BCUT2D eigenvalue weighted by Gasteiger charge is 2.21. The number of hydrogen-bond donors (Lipinski definition) is 2. The van der Waals surface area contributed by atoms with Gasteiger partial charge in [-0.3, -0.25) is 14.4 Å². The van der Waals surface area contributed by atoms with Gasteiger partial charge in [-0.15, -0.1) is 0 Å². The first-order chi connectivity index (χ1) is 14.1. The number of ketones is 1. The Kier molecular flexibility index (Phi) is 7.30. The lowest BCUT2D eigenvalue weighted by Crippen LogP contribution is -2.27. The van der Waals surface area contributed by atoms with E-state index in [9.17, 15) is 19.2 Å². The molecule has 0 aliphatic rings. The van der Waals surface area contributed by atoms with Crippen LogP contribution in [0.15, 0.2) is 48.5 Å². The minimum absolute atomic E-state index is 0.137. The average molecular weight is 412 g/mol. The van der Waals surface area contributed by atoms with Crippen LogP contribution in [-0.2, 0) is 14.3 Å². The highest BCUT2D eigenvalue weighted by molar-refractivity contribution is 6.00. The molecule has 2 rings (SSSR count). The molecule has 2 aromatic rings. The van der Waals surface area contributed by atoms with Gasteiger partial charge in [0.25, 0.3) is 5.91 Å². The van der Waals surface area contributed by atoms with Gasteiger partial charge in [0.2, 0.25) is 5.91 Å². The van der Waals surface area contributed by atoms with Crippen LogP contribution in [0.4, 0.5) is 5.69 Å². The predicted molar refractivity (Wildman–Crippen MR) is 110 cm³/mol. The minimum Gasteiger partial charge on any atom is -0.484 e. The van der Waals surface area contributed by atoms with E-state index >= 15 is 0 Å². The third-order valence-corrected chi connectivity index (χ3v) is 3.95. The number of ether oxygens (including phenoxy) is 2. The number of hydrogen-bond acceptors (Lipinski definition) is 6. The van der Waals surface area contributed by atoms with E-state index < -0.39 is 23.9 Å². The van der Waals surface area contributed by atoms with Crippen LogP contribution in [0.25, 0.3) is 0 Å². The van der Waals surface area contributed by atoms with E-state index in [4.69, 9.17) is 15.2 Å². The van der Waals surface area contributed by atoms with Crippen molar-refractivity contribution in [1.82, 2.24) is 0 Å². The van der Waals surface area contributed by atoms with Crippen molar-refractivity contribution >= 4 is 29.3 Å². The number of primary amides is 1. The number of Topliss-reactive ketones (excluding diaryl/α,β-unsaturated/α-hetero) is 1. The summed E-state index contributed by atoms with van der Waals surface area (Å²) in [6.07, 6.45) is 0. The number of nitrogens with one attached hydrogen (secondary N) is 1. The van der Waals surface area contributed by atoms with E-state index in [0.717, 1.165) is 0 Å². The van der Waals surface area contributed by atoms with Gasteiger partial charge in [0.05, 0.1) is 5.56 Å². The fourth-order valence-electron chi connectivity index (χ4n) is 2.20. The normalized spacial score (nSPS) is 10.8. The smallest absolute Gasteiger partial charge is 0.338 e. The van der Waals surface area contributed by atoms with Crippen molar-refractivity contribution in [3.8, 4) is 5.75 Å². The number of carbonyl (C=O) groups is 4. The summed E-state index contributed by atoms with van der Waals surface area (Å²) in [4.78, 5) is 47.0. The highest BCUT2D eigenvalue weighted by atomic mass is 16.5. The summed E-state index contributed by atoms with van der Waals surface area (Å²) >= 11 is 0. The maximum atomic E-state index is 12.2. The minimum atomic E-state index is -0.668. The predicted octanol–water partition coefficient (Wildman–Crippen LogP) is 2.58. The molecule has 30 heavy (non-hydrogen) atoms. The van der Waals surface area contributed by atoms with Gasteiger partial charge in [-0.1, -0.05) is 20.8 Å². The standard InChI is InChI=1S/C22H24N2O6/c1-22(2,3)21(28)24-16-8-4-14(5-9-16)18(25)12-30-20(27)15-6-10-17(11-7-15)29-13-19(23)26/h4-11H,12-13H2,1-3H3,(H2,23,26)(H,24,28). The molecule has 0 aliphatic carbocycles. The summed E-state index contributed by atoms with van der Waals surface area (Å²) in [5.74, 6) is -1.42. The first kappa shape index (κ1) is 22.6. The van der Waals surface area contributed by atoms with Crippen LogP contribution < -0.4 is 15.8 Å². The van der Waals surface area contributed by atoms with E-state index in [-0.39, 0.29) is 23.9 Å². The Balaban J connectivity index is 1.88. The van der Waals surface area contributed by atoms with Gasteiger partial charge in [0, 0.05) is 16.7 Å². The molecule has 0 saturated carbocycles. The molecule has 8 nitrogen and oxygen atoms in total. The van der Waals surface area contributed by atoms with Crippen molar-refractivity contribution < 1.29 is 28.7 Å². The first-order valence-electron chi connectivity index (χ1n) is 9.19. The van der Waals surface area contributed by atoms with Gasteiger partial charge >= 0.3 is 5.97 Å².